The molecule has 0 saturated heterocycles. The van der Waals surface area contributed by atoms with Gasteiger partial charge in [0.2, 0.25) is 0 Å². The van der Waals surface area contributed by atoms with Gasteiger partial charge in [-0.25, -0.2) is 0 Å². The van der Waals surface area contributed by atoms with Crippen molar-refractivity contribution in [2.75, 3.05) is 0 Å². The first-order valence-electron chi connectivity index (χ1n) is 8.60. The summed E-state index contributed by atoms with van der Waals surface area (Å²) in [5, 5.41) is 0. The molecule has 0 nitrogen and oxygen atoms in total. The van der Waals surface area contributed by atoms with Crippen molar-refractivity contribution >= 4 is 0 Å². The van der Waals surface area contributed by atoms with Crippen LogP contribution in [-0.2, 0) is 12.8 Å². The van der Waals surface area contributed by atoms with Gasteiger partial charge in [-0.2, -0.15) is 0 Å². The number of hydrogen-bond acceptors (Lipinski definition) is 0. The average Bonchev–Trinajstić information content (AvgIpc) is 3.20. The van der Waals surface area contributed by atoms with E-state index in [1.807, 2.05) is 6.92 Å². The molecule has 0 aliphatic heterocycles. The van der Waals surface area contributed by atoms with Crippen molar-refractivity contribution in [3.05, 3.63) is 81.9 Å². The lowest BCUT2D eigenvalue weighted by Gasteiger charge is -2.07. The summed E-state index contributed by atoms with van der Waals surface area (Å²) in [5.74, 6) is 9.03. The van der Waals surface area contributed by atoms with Gasteiger partial charge in [-0.05, 0) is 63.9 Å². The van der Waals surface area contributed by atoms with Crippen molar-refractivity contribution in [3.8, 4) is 46.4 Å². The van der Waals surface area contributed by atoms with Crippen LogP contribution in [0.4, 0.5) is 0 Å². The third-order valence-corrected chi connectivity index (χ3v) is 5.47. The molecule has 0 fully saturated rings. The maximum Gasteiger partial charge on any atom is 0.0440 e. The monoisotopic (exact) mass is 316 g/mol. The molecule has 0 bridgehead atoms. The van der Waals surface area contributed by atoms with E-state index in [2.05, 4.69) is 66.3 Å². The summed E-state index contributed by atoms with van der Waals surface area (Å²) >= 11 is 0. The highest BCUT2D eigenvalue weighted by Gasteiger charge is 2.29. The molecule has 116 valence electrons. The van der Waals surface area contributed by atoms with E-state index < -0.39 is 0 Å². The summed E-state index contributed by atoms with van der Waals surface area (Å²) in [6.45, 7) is 1.85. The molecule has 0 unspecified atom stereocenters. The third kappa shape index (κ3) is 1.86. The van der Waals surface area contributed by atoms with Gasteiger partial charge in [0.1, 0.15) is 0 Å². The topological polar surface area (TPSA) is 0 Å². The Morgan fingerprint density at radius 3 is 2.24 bits per heavy atom. The van der Waals surface area contributed by atoms with Crippen molar-refractivity contribution in [1.82, 2.24) is 0 Å². The van der Waals surface area contributed by atoms with Gasteiger partial charge in [0.05, 0.1) is 0 Å². The minimum Gasteiger partial charge on any atom is -0.115 e. The van der Waals surface area contributed by atoms with Gasteiger partial charge in [-0.3, -0.25) is 0 Å². The second-order valence-electron chi connectivity index (χ2n) is 6.66. The maximum absolute atomic E-state index is 5.85. The predicted octanol–water partition coefficient (Wildman–Crippen LogP) is 5.18. The van der Waals surface area contributed by atoms with Crippen molar-refractivity contribution in [3.63, 3.8) is 0 Å². The Hall–Kier alpha value is -3.22. The van der Waals surface area contributed by atoms with Gasteiger partial charge >= 0.3 is 0 Å². The van der Waals surface area contributed by atoms with Gasteiger partial charge < -0.3 is 0 Å². The lowest BCUT2D eigenvalue weighted by molar-refractivity contribution is 1.16. The summed E-state index contributed by atoms with van der Waals surface area (Å²) in [7, 11) is 0. The van der Waals surface area contributed by atoms with Crippen LogP contribution < -0.4 is 0 Å². The predicted molar refractivity (Wildman–Crippen MR) is 103 cm³/mol. The zero-order valence-electron chi connectivity index (χ0n) is 14.1. The van der Waals surface area contributed by atoms with Crippen LogP contribution in [0.3, 0.4) is 0 Å². The van der Waals surface area contributed by atoms with Crippen molar-refractivity contribution in [2.24, 2.45) is 0 Å². The van der Waals surface area contributed by atoms with Crippen LogP contribution in [0.2, 0.25) is 0 Å². The quantitative estimate of drug-likeness (QED) is 0.345. The van der Waals surface area contributed by atoms with Crippen molar-refractivity contribution in [1.29, 1.82) is 0 Å². The maximum atomic E-state index is 5.85. The second-order valence-corrected chi connectivity index (χ2v) is 6.66. The fraction of sp³-hybridized carbons (Fsp3) is 0.120. The highest BCUT2D eigenvalue weighted by molar-refractivity contribution is 5.88. The molecule has 0 radical (unpaired) electrons. The Morgan fingerprint density at radius 2 is 1.44 bits per heavy atom. The highest BCUT2D eigenvalue weighted by Crippen LogP contribution is 2.47. The van der Waals surface area contributed by atoms with E-state index in [1.54, 1.807) is 0 Å². The smallest absolute Gasteiger partial charge is 0.0440 e. The highest BCUT2D eigenvalue weighted by atomic mass is 14.3. The standard InChI is InChI=1S/C25H16/c1-3-7-16-10-11-21-22-13-12-20-19-9-6-5-8-17(19)14-23(20)25(22)15-24(21)18(16)4-2/h2,5-6,8-13H,14-15H2,1H3. The van der Waals surface area contributed by atoms with Gasteiger partial charge in [-0.1, -0.05) is 54.3 Å². The van der Waals surface area contributed by atoms with Gasteiger partial charge in [0.15, 0.2) is 0 Å². The van der Waals surface area contributed by atoms with Crippen LogP contribution in [-0.4, -0.2) is 0 Å². The first-order valence-corrected chi connectivity index (χ1v) is 8.60. The van der Waals surface area contributed by atoms with E-state index in [1.165, 1.54) is 44.5 Å². The van der Waals surface area contributed by atoms with E-state index in [-0.39, 0.29) is 0 Å². The molecule has 2 aliphatic carbocycles. The number of rotatable bonds is 0. The van der Waals surface area contributed by atoms with E-state index in [0.717, 1.165) is 24.0 Å². The average molecular weight is 316 g/mol. The number of hydrogen-bond donors (Lipinski definition) is 0. The van der Waals surface area contributed by atoms with Crippen LogP contribution in [0.25, 0.3) is 22.3 Å². The lowest BCUT2D eigenvalue weighted by Crippen LogP contribution is -1.94. The SMILES string of the molecule is C#Cc1c(C#CC)ccc2c1Cc1c-2ccc2c1Cc1ccccc1-2. The van der Waals surface area contributed by atoms with Crippen LogP contribution in [0.1, 0.15) is 40.3 Å². The van der Waals surface area contributed by atoms with E-state index in [9.17, 15) is 0 Å². The Balaban J connectivity index is 1.73. The fourth-order valence-electron chi connectivity index (χ4n) is 4.39. The first kappa shape index (κ1) is 14.2. The summed E-state index contributed by atoms with van der Waals surface area (Å²) in [4.78, 5) is 0. The summed E-state index contributed by atoms with van der Waals surface area (Å²) in [6.07, 6.45) is 7.79. The van der Waals surface area contributed by atoms with E-state index in [4.69, 9.17) is 6.42 Å². The molecule has 0 N–H and O–H groups in total. The molecule has 25 heavy (non-hydrogen) atoms. The minimum atomic E-state index is 0.917. The van der Waals surface area contributed by atoms with Crippen molar-refractivity contribution < 1.29 is 0 Å². The number of terminal acetylenes is 1. The molecule has 0 heteroatoms. The van der Waals surface area contributed by atoms with Crippen molar-refractivity contribution in [2.45, 2.75) is 19.8 Å². The second kappa shape index (κ2) is 5.14. The van der Waals surface area contributed by atoms with Gasteiger partial charge in [0.25, 0.3) is 0 Å². The number of fused-ring (bicyclic) bond motifs is 7. The summed E-state index contributed by atoms with van der Waals surface area (Å²) in [6, 6.07) is 17.5. The number of benzene rings is 3. The van der Waals surface area contributed by atoms with Crippen LogP contribution >= 0.6 is 0 Å². The lowest BCUT2D eigenvalue weighted by atomic mass is 9.96. The van der Waals surface area contributed by atoms with Crippen LogP contribution in [0.15, 0.2) is 48.5 Å². The molecule has 5 rings (SSSR count). The van der Waals surface area contributed by atoms with Crippen LogP contribution in [0, 0.1) is 24.2 Å². The Kier molecular flexibility index (Phi) is 2.91. The molecule has 3 aromatic rings. The molecule has 0 aromatic heterocycles. The third-order valence-electron chi connectivity index (χ3n) is 5.47. The van der Waals surface area contributed by atoms with E-state index in [0.29, 0.717) is 0 Å². The first-order chi connectivity index (χ1) is 12.3. The zero-order chi connectivity index (χ0) is 17.0. The van der Waals surface area contributed by atoms with E-state index >= 15 is 0 Å². The minimum absolute atomic E-state index is 0.917. The Morgan fingerprint density at radius 1 is 0.760 bits per heavy atom. The van der Waals surface area contributed by atoms with Gasteiger partial charge in [-0.15, -0.1) is 12.3 Å². The fourth-order valence-corrected chi connectivity index (χ4v) is 4.39. The Labute approximate surface area is 148 Å². The molecule has 3 aromatic carbocycles. The molecule has 0 atom stereocenters. The molecule has 0 spiro atoms. The molecule has 0 amide bonds. The molecule has 0 heterocycles. The Bertz CT molecular complexity index is 1160. The normalized spacial score (nSPS) is 12.3. The van der Waals surface area contributed by atoms with Crippen LogP contribution in [0.5, 0.6) is 0 Å². The van der Waals surface area contributed by atoms with Gasteiger partial charge in [0, 0.05) is 17.5 Å². The summed E-state index contributed by atoms with van der Waals surface area (Å²) < 4.78 is 0. The summed E-state index contributed by atoms with van der Waals surface area (Å²) in [5.41, 5.74) is 12.9. The largest absolute Gasteiger partial charge is 0.115 e. The zero-order valence-corrected chi connectivity index (χ0v) is 14.1. The molecule has 0 saturated carbocycles. The molecular weight excluding hydrogens is 300 g/mol. The molecule has 2 aliphatic rings. The molecular formula is C25H16.